The molecule has 2 aliphatic rings. The number of allylic oxidation sites excluding steroid dienone is 8. The van der Waals surface area contributed by atoms with Crippen LogP contribution in [-0.2, 0) is 15.6 Å². The maximum atomic E-state index is 8.00. The maximum Gasteiger partial charge on any atom is 0.210 e. The van der Waals surface area contributed by atoms with Crippen molar-refractivity contribution < 1.29 is 9.37 Å². The summed E-state index contributed by atoms with van der Waals surface area (Å²) in [4.78, 5) is 10.6. The lowest BCUT2D eigenvalue weighted by molar-refractivity contribution is -0.437. The van der Waals surface area contributed by atoms with Gasteiger partial charge in [0.15, 0.2) is 5.71 Å². The Morgan fingerprint density at radius 2 is 1.29 bits per heavy atom. The van der Waals surface area contributed by atoms with Gasteiger partial charge in [-0.1, -0.05) is 132 Å². The van der Waals surface area contributed by atoms with Gasteiger partial charge < -0.3 is 9.69 Å². The van der Waals surface area contributed by atoms with Crippen LogP contribution in [0.2, 0.25) is 0 Å². The zero-order chi connectivity index (χ0) is 34.3. The normalized spacial score (nSPS) is 17.3. The molecular weight excluding hydrogens is 585 g/mol. The van der Waals surface area contributed by atoms with E-state index in [1.807, 2.05) is 6.79 Å². The van der Waals surface area contributed by atoms with E-state index in [1.165, 1.54) is 81.1 Å². The van der Waals surface area contributed by atoms with Crippen molar-refractivity contribution in [1.29, 1.82) is 0 Å². The first-order chi connectivity index (χ1) is 23.3. The Hall–Kier alpha value is -4.50. The number of carbonyl (C=O) groups is 1. The summed E-state index contributed by atoms with van der Waals surface area (Å²) in [6, 6.07) is 26.9. The largest absolute Gasteiger partial charge is 0.344 e. The van der Waals surface area contributed by atoms with Crippen molar-refractivity contribution in [3.63, 3.8) is 0 Å². The van der Waals surface area contributed by atoms with E-state index < -0.39 is 0 Å². The third kappa shape index (κ3) is 6.48. The maximum absolute atomic E-state index is 8.00. The van der Waals surface area contributed by atoms with Crippen molar-refractivity contribution >= 4 is 45.4 Å². The molecule has 0 saturated carbocycles. The fourth-order valence-electron chi connectivity index (χ4n) is 7.96. The lowest BCUT2D eigenvalue weighted by atomic mass is 9.79. The summed E-state index contributed by atoms with van der Waals surface area (Å²) in [5, 5.41) is 5.38. The summed E-state index contributed by atoms with van der Waals surface area (Å²) in [5.41, 5.74) is 8.26. The Morgan fingerprint density at radius 1 is 0.667 bits per heavy atom. The number of hydrogen-bond acceptors (Lipinski definition) is 2. The summed E-state index contributed by atoms with van der Waals surface area (Å²) < 4.78 is 2.53. The zero-order valence-corrected chi connectivity index (χ0v) is 29.9. The lowest BCUT2D eigenvalue weighted by Crippen LogP contribution is -2.28. The van der Waals surface area contributed by atoms with Gasteiger partial charge in [0.1, 0.15) is 13.3 Å². The monoisotopic (exact) mass is 637 g/mol. The van der Waals surface area contributed by atoms with Gasteiger partial charge >= 0.3 is 0 Å². The highest BCUT2D eigenvalue weighted by Crippen LogP contribution is 2.51. The summed E-state index contributed by atoms with van der Waals surface area (Å²) in [5.74, 6) is 0. The van der Waals surface area contributed by atoms with Crippen LogP contribution in [0.25, 0.3) is 21.5 Å². The van der Waals surface area contributed by atoms with Crippen LogP contribution in [-0.4, -0.2) is 30.2 Å². The highest BCUT2D eigenvalue weighted by atomic mass is 16.1. The van der Waals surface area contributed by atoms with Crippen LogP contribution in [0, 0.1) is 0 Å². The zero-order valence-electron chi connectivity index (χ0n) is 29.9. The molecule has 6 rings (SSSR count). The van der Waals surface area contributed by atoms with E-state index >= 15 is 0 Å². The van der Waals surface area contributed by atoms with E-state index in [-0.39, 0.29) is 10.8 Å². The fourth-order valence-corrected chi connectivity index (χ4v) is 7.96. The standard InChI is InChI=1S/C44H51N2.CH2O/c1-7-9-10-20-32-46-38-30-28-34-22-17-19-24-36(34)42(38)44(5,6)40(46)26-15-13-11-12-14-25-39-43(3,4)41-35-23-18-16-21-33(35)27-29-37(41)45(39)31-8-2;1-2/h11-19,21-30H,7-10,20,31-32H2,1-6H3;1H2/q+1;. The molecule has 0 aromatic heterocycles. The van der Waals surface area contributed by atoms with Crippen molar-refractivity contribution in [2.45, 2.75) is 84.5 Å². The van der Waals surface area contributed by atoms with Gasteiger partial charge in [0, 0.05) is 47.5 Å². The third-order valence-corrected chi connectivity index (χ3v) is 10.1. The van der Waals surface area contributed by atoms with Gasteiger partial charge in [-0.3, -0.25) is 0 Å². The summed E-state index contributed by atoms with van der Waals surface area (Å²) in [6.07, 6.45) is 21.8. The second-order valence-corrected chi connectivity index (χ2v) is 14.0. The molecule has 48 heavy (non-hydrogen) atoms. The molecule has 0 amide bonds. The highest BCUT2D eigenvalue weighted by molar-refractivity contribution is 6.07. The molecule has 4 aromatic carbocycles. The van der Waals surface area contributed by atoms with E-state index in [0.717, 1.165) is 19.5 Å². The third-order valence-electron chi connectivity index (χ3n) is 10.1. The van der Waals surface area contributed by atoms with Gasteiger partial charge in [-0.05, 0) is 65.6 Å². The summed E-state index contributed by atoms with van der Waals surface area (Å²) >= 11 is 0. The molecule has 0 saturated heterocycles. The second kappa shape index (κ2) is 15.2. The minimum atomic E-state index is -0.0679. The van der Waals surface area contributed by atoms with E-state index in [2.05, 4.69) is 166 Å². The van der Waals surface area contributed by atoms with E-state index in [9.17, 15) is 0 Å². The molecule has 0 fully saturated rings. The van der Waals surface area contributed by atoms with Crippen LogP contribution in [0.1, 0.15) is 84.8 Å². The SMILES string of the molecule is C=O.CCCCCCN1\C(=C/C=C/C=C/C=C/C2=[N+](CCC)c3ccc4ccccc4c3C2(C)C)C(C)(C)c2c1ccc1ccccc21. The average molecular weight is 638 g/mol. The highest BCUT2D eigenvalue weighted by Gasteiger charge is 2.45. The quantitative estimate of drug-likeness (QED) is 0.0928. The molecule has 0 N–H and O–H groups in total. The minimum Gasteiger partial charge on any atom is -0.344 e. The number of hydrogen-bond donors (Lipinski definition) is 0. The molecule has 3 heteroatoms. The number of rotatable bonds is 11. The van der Waals surface area contributed by atoms with Gasteiger partial charge in [0.25, 0.3) is 0 Å². The Morgan fingerprint density at radius 3 is 1.98 bits per heavy atom. The van der Waals surface area contributed by atoms with Crippen molar-refractivity contribution in [3.05, 3.63) is 132 Å². The molecule has 0 aliphatic carbocycles. The van der Waals surface area contributed by atoms with Gasteiger partial charge in [0.2, 0.25) is 5.69 Å². The predicted octanol–water partition coefficient (Wildman–Crippen LogP) is 11.5. The second-order valence-electron chi connectivity index (χ2n) is 14.0. The molecule has 2 heterocycles. The molecular formula is C45H53N2O+. The number of nitrogens with zero attached hydrogens (tertiary/aromatic N) is 2. The minimum absolute atomic E-state index is 0.0657. The van der Waals surface area contributed by atoms with Crippen molar-refractivity contribution in [1.82, 2.24) is 0 Å². The van der Waals surface area contributed by atoms with Crippen LogP contribution in [0.5, 0.6) is 0 Å². The van der Waals surface area contributed by atoms with Crippen molar-refractivity contribution in [3.8, 4) is 0 Å². The van der Waals surface area contributed by atoms with Gasteiger partial charge in [-0.25, -0.2) is 0 Å². The van der Waals surface area contributed by atoms with E-state index in [1.54, 1.807) is 0 Å². The summed E-state index contributed by atoms with van der Waals surface area (Å²) in [6.45, 7) is 18.2. The van der Waals surface area contributed by atoms with E-state index in [4.69, 9.17) is 4.79 Å². The molecule has 0 atom stereocenters. The molecule has 4 aromatic rings. The van der Waals surface area contributed by atoms with Crippen LogP contribution in [0.15, 0.2) is 121 Å². The van der Waals surface area contributed by atoms with Crippen LogP contribution in [0.4, 0.5) is 11.4 Å². The predicted molar refractivity (Wildman–Crippen MR) is 208 cm³/mol. The Kier molecular flexibility index (Phi) is 11.0. The lowest BCUT2D eigenvalue weighted by Gasteiger charge is -2.27. The first-order valence-corrected chi connectivity index (χ1v) is 17.8. The van der Waals surface area contributed by atoms with Crippen LogP contribution < -0.4 is 4.90 Å². The number of anilines is 1. The Balaban J connectivity index is 0.00000221. The Labute approximate surface area is 288 Å². The van der Waals surface area contributed by atoms with E-state index in [0.29, 0.717) is 0 Å². The van der Waals surface area contributed by atoms with Crippen molar-refractivity contribution in [2.75, 3.05) is 18.0 Å². The molecule has 2 aliphatic heterocycles. The van der Waals surface area contributed by atoms with Gasteiger partial charge in [-0.2, -0.15) is 4.58 Å². The number of carbonyl (C=O) groups excluding carboxylic acids is 1. The molecule has 3 nitrogen and oxygen atoms in total. The fraction of sp³-hybridized carbons (Fsp3) is 0.333. The molecule has 0 unspecified atom stereocenters. The number of unbranched alkanes of at least 4 members (excludes halogenated alkanes) is 3. The first-order valence-electron chi connectivity index (χ1n) is 17.8. The molecule has 248 valence electrons. The Bertz CT molecular complexity index is 1920. The van der Waals surface area contributed by atoms with Crippen LogP contribution >= 0.6 is 0 Å². The smallest absolute Gasteiger partial charge is 0.210 e. The van der Waals surface area contributed by atoms with Crippen LogP contribution in [0.3, 0.4) is 0 Å². The molecule has 0 spiro atoms. The topological polar surface area (TPSA) is 23.3 Å². The average Bonchev–Trinajstić information content (AvgIpc) is 3.45. The first kappa shape index (κ1) is 34.8. The number of benzene rings is 4. The van der Waals surface area contributed by atoms with Crippen molar-refractivity contribution in [2.24, 2.45) is 0 Å². The molecule has 0 radical (unpaired) electrons. The summed E-state index contributed by atoms with van der Waals surface area (Å²) in [7, 11) is 0. The number of fused-ring (bicyclic) bond motifs is 6. The van der Waals surface area contributed by atoms with Gasteiger partial charge in [-0.15, -0.1) is 0 Å². The molecule has 0 bridgehead atoms. The van der Waals surface area contributed by atoms with Gasteiger partial charge in [0.05, 0.1) is 5.41 Å².